The smallest absolute Gasteiger partial charge is 0.744 e. The third kappa shape index (κ3) is 21.5. The van der Waals surface area contributed by atoms with Gasteiger partial charge in [0.25, 0.3) is 0 Å². The molecule has 238 valence electrons. The van der Waals surface area contributed by atoms with Crippen LogP contribution in [-0.4, -0.2) is 38.1 Å². The first kappa shape index (κ1) is 42.2. The fourth-order valence-electron chi connectivity index (χ4n) is 4.44. The van der Waals surface area contributed by atoms with E-state index in [-0.39, 0.29) is 75.7 Å². The van der Waals surface area contributed by atoms with Crippen molar-refractivity contribution in [3.05, 3.63) is 53.6 Å². The zero-order valence-corrected chi connectivity index (χ0v) is 30.9. The van der Waals surface area contributed by atoms with Crippen LogP contribution in [0.25, 0.3) is 0 Å². The van der Waals surface area contributed by atoms with E-state index in [1.54, 1.807) is 0 Å². The molecule has 0 unspecified atom stereocenters. The minimum Gasteiger partial charge on any atom is -0.744 e. The van der Waals surface area contributed by atoms with Crippen molar-refractivity contribution in [2.75, 3.05) is 13.2 Å². The van der Waals surface area contributed by atoms with Gasteiger partial charge >= 0.3 is 63.3 Å². The molecule has 0 heterocycles. The van der Waals surface area contributed by atoms with Crippen LogP contribution in [0.5, 0.6) is 0 Å². The molecule has 0 aromatic heterocycles. The Labute approximate surface area is 303 Å². The summed E-state index contributed by atoms with van der Waals surface area (Å²) in [6, 6.07) is 3.05. The molecule has 0 aliphatic carbocycles. The van der Waals surface area contributed by atoms with Crippen molar-refractivity contribution < 1.29 is 83.4 Å². The number of carbonyl (C=O) groups is 2. The van der Waals surface area contributed by atoms with Gasteiger partial charge in [-0.1, -0.05) is 89.5 Å². The molecule has 0 atom stereocenters. The maximum Gasteiger partial charge on any atom is 1.00 e. The molecule has 1 aromatic rings. The van der Waals surface area contributed by atoms with E-state index in [0.29, 0.717) is 12.8 Å². The van der Waals surface area contributed by atoms with Gasteiger partial charge in [-0.15, -0.1) is 0 Å². The second kappa shape index (κ2) is 27.5. The standard InChI is InChI=1S/C34H54O7S.K/c1-3-5-7-9-11-13-15-17-19-21-23-27-40-33(35)31-26-25-30(42(37,38)39)29-32(31)34(36)41-28-24-22-20-18-16-14-12-10-8-6-4-2;/h15-18,25-26,29H,3-14,19-24,27-28H2,1-2H3,(H,37,38,39);/q;+1/p-1/b17-15+,18-16+;. The van der Waals surface area contributed by atoms with Gasteiger partial charge in [-0.25, -0.2) is 18.0 Å². The quantitative estimate of drug-likeness (QED) is 0.0417. The number of carbonyl (C=O) groups excluding carboxylic acids is 2. The van der Waals surface area contributed by atoms with Crippen LogP contribution in [0, 0.1) is 0 Å². The summed E-state index contributed by atoms with van der Waals surface area (Å²) in [6.45, 7) is 4.71. The third-order valence-electron chi connectivity index (χ3n) is 7.00. The first-order valence-electron chi connectivity index (χ1n) is 16.0. The Morgan fingerprint density at radius 3 is 1.44 bits per heavy atom. The Kier molecular flexibility index (Phi) is 27.0. The van der Waals surface area contributed by atoms with Crippen LogP contribution in [0.3, 0.4) is 0 Å². The average molecular weight is 645 g/mol. The van der Waals surface area contributed by atoms with Crippen molar-refractivity contribution in [3.8, 4) is 0 Å². The summed E-state index contributed by atoms with van der Waals surface area (Å²) in [4.78, 5) is 24.9. The molecule has 7 nitrogen and oxygen atoms in total. The topological polar surface area (TPSA) is 110 Å². The summed E-state index contributed by atoms with van der Waals surface area (Å²) in [5.41, 5.74) is -0.390. The molecule has 1 rings (SSSR count). The van der Waals surface area contributed by atoms with E-state index < -0.39 is 27.0 Å². The van der Waals surface area contributed by atoms with E-state index in [9.17, 15) is 22.6 Å². The molecular weight excluding hydrogens is 592 g/mol. The van der Waals surface area contributed by atoms with Gasteiger partial charge in [-0.2, -0.15) is 0 Å². The molecule has 0 radical (unpaired) electrons. The Hall–Kier alpha value is -0.814. The molecule has 0 aliphatic rings. The second-order valence-electron chi connectivity index (χ2n) is 10.8. The van der Waals surface area contributed by atoms with E-state index in [4.69, 9.17) is 9.47 Å². The van der Waals surface area contributed by atoms with Gasteiger partial charge in [-0.05, 0) is 82.4 Å². The number of hydrogen-bond acceptors (Lipinski definition) is 7. The zero-order valence-electron chi connectivity index (χ0n) is 26.9. The number of esters is 2. The van der Waals surface area contributed by atoms with Crippen LogP contribution in [-0.2, 0) is 19.6 Å². The minimum absolute atomic E-state index is 0. The van der Waals surface area contributed by atoms with Crippen molar-refractivity contribution in [2.24, 2.45) is 0 Å². The van der Waals surface area contributed by atoms with Crippen molar-refractivity contribution >= 4 is 22.1 Å². The van der Waals surface area contributed by atoms with Crippen LogP contribution in [0.1, 0.15) is 150 Å². The van der Waals surface area contributed by atoms with Crippen LogP contribution < -0.4 is 51.4 Å². The van der Waals surface area contributed by atoms with Crippen LogP contribution in [0.4, 0.5) is 0 Å². The zero-order chi connectivity index (χ0) is 30.9. The van der Waals surface area contributed by atoms with Crippen LogP contribution in [0.15, 0.2) is 47.4 Å². The number of unbranched alkanes of at least 4 members (excludes halogenated alkanes) is 14. The van der Waals surface area contributed by atoms with Crippen LogP contribution in [0.2, 0.25) is 0 Å². The number of ether oxygens (including phenoxy) is 2. The maximum absolute atomic E-state index is 12.8. The predicted molar refractivity (Wildman–Crippen MR) is 168 cm³/mol. The van der Waals surface area contributed by atoms with E-state index >= 15 is 0 Å². The number of rotatable bonds is 25. The summed E-state index contributed by atoms with van der Waals surface area (Å²) >= 11 is 0. The van der Waals surface area contributed by atoms with E-state index in [1.807, 2.05) is 0 Å². The van der Waals surface area contributed by atoms with E-state index in [0.717, 1.165) is 56.7 Å². The van der Waals surface area contributed by atoms with Crippen molar-refractivity contribution in [2.45, 2.75) is 134 Å². The molecular formula is C34H53KO7S. The summed E-state index contributed by atoms with van der Waals surface area (Å²) in [5.74, 6) is -1.60. The minimum atomic E-state index is -4.81. The van der Waals surface area contributed by atoms with Gasteiger partial charge in [0.1, 0.15) is 10.1 Å². The Morgan fingerprint density at radius 1 is 0.628 bits per heavy atom. The van der Waals surface area contributed by atoms with Crippen molar-refractivity contribution in [1.29, 1.82) is 0 Å². The van der Waals surface area contributed by atoms with Crippen molar-refractivity contribution in [1.82, 2.24) is 0 Å². The number of benzene rings is 1. The molecule has 0 bridgehead atoms. The first-order chi connectivity index (χ1) is 20.3. The molecule has 1 aromatic carbocycles. The van der Waals surface area contributed by atoms with Gasteiger partial charge in [0.2, 0.25) is 0 Å². The average Bonchev–Trinajstić information content (AvgIpc) is 2.97. The van der Waals surface area contributed by atoms with Gasteiger partial charge < -0.3 is 14.0 Å². The van der Waals surface area contributed by atoms with Crippen molar-refractivity contribution in [3.63, 3.8) is 0 Å². The van der Waals surface area contributed by atoms with Gasteiger partial charge in [0, 0.05) is 0 Å². The van der Waals surface area contributed by atoms with E-state index in [2.05, 4.69) is 38.2 Å². The SMILES string of the molecule is CCCCCCC/C=C/CCCCOC(=O)c1ccc(S(=O)(=O)[O-])cc1C(=O)OCCCC/C=C/CCCCCCC.[K+]. The fourth-order valence-corrected chi connectivity index (χ4v) is 4.94. The largest absolute Gasteiger partial charge is 1.00 e. The molecule has 0 amide bonds. The summed E-state index contributed by atoms with van der Waals surface area (Å²) in [6.07, 6.45) is 28.2. The summed E-state index contributed by atoms with van der Waals surface area (Å²) in [7, 11) is -4.81. The van der Waals surface area contributed by atoms with Gasteiger partial charge in [-0.3, -0.25) is 0 Å². The number of allylic oxidation sites excluding steroid dienone is 4. The third-order valence-corrected chi connectivity index (χ3v) is 7.83. The molecule has 0 spiro atoms. The number of hydrogen-bond donors (Lipinski definition) is 0. The maximum atomic E-state index is 12.8. The molecule has 0 saturated carbocycles. The molecule has 0 aliphatic heterocycles. The fraction of sp³-hybridized carbons (Fsp3) is 0.647. The molecule has 0 N–H and O–H groups in total. The Balaban J connectivity index is 0.0000176. The molecule has 0 fully saturated rings. The summed E-state index contributed by atoms with van der Waals surface area (Å²) < 4.78 is 45.2. The molecule has 43 heavy (non-hydrogen) atoms. The predicted octanol–water partition coefficient (Wildman–Crippen LogP) is 6.08. The Morgan fingerprint density at radius 2 is 1.02 bits per heavy atom. The summed E-state index contributed by atoms with van der Waals surface area (Å²) in [5, 5.41) is 0. The molecule has 0 saturated heterocycles. The first-order valence-corrected chi connectivity index (χ1v) is 17.5. The monoisotopic (exact) mass is 644 g/mol. The second-order valence-corrected chi connectivity index (χ2v) is 12.2. The van der Waals surface area contributed by atoms with Gasteiger partial charge in [0.05, 0.1) is 29.2 Å². The van der Waals surface area contributed by atoms with E-state index in [1.165, 1.54) is 64.2 Å². The van der Waals surface area contributed by atoms with Crippen LogP contribution >= 0.6 is 0 Å². The normalized spacial score (nSPS) is 11.6. The Bertz CT molecular complexity index is 1050. The molecule has 9 heteroatoms. The van der Waals surface area contributed by atoms with Gasteiger partial charge in [0.15, 0.2) is 0 Å².